The first-order chi connectivity index (χ1) is 11.5. The first-order valence-electron chi connectivity index (χ1n) is 6.89. The van der Waals surface area contributed by atoms with E-state index < -0.39 is 12.3 Å². The van der Waals surface area contributed by atoms with E-state index in [1.807, 2.05) is 30.3 Å². The van der Waals surface area contributed by atoms with Crippen molar-refractivity contribution in [3.05, 3.63) is 65.7 Å². The lowest BCUT2D eigenvalue weighted by Crippen LogP contribution is -1.99. The van der Waals surface area contributed by atoms with Crippen LogP contribution in [-0.4, -0.2) is 29.6 Å². The predicted octanol–water partition coefficient (Wildman–Crippen LogP) is 3.77. The van der Waals surface area contributed by atoms with E-state index in [4.69, 9.17) is 14.9 Å². The van der Waals surface area contributed by atoms with Gasteiger partial charge in [-0.25, -0.2) is 9.59 Å². The van der Waals surface area contributed by atoms with Crippen LogP contribution in [-0.2, 0) is 22.7 Å². The number of hydrogen-bond donors (Lipinski definition) is 2. The van der Waals surface area contributed by atoms with Gasteiger partial charge in [-0.1, -0.05) is 42.5 Å². The van der Waals surface area contributed by atoms with Crippen molar-refractivity contribution in [1.82, 2.24) is 0 Å². The van der Waals surface area contributed by atoms with Crippen LogP contribution in [0.25, 0.3) is 0 Å². The summed E-state index contributed by atoms with van der Waals surface area (Å²) in [5.74, 6) is 0.735. The molecular formula is C17H18O7. The highest BCUT2D eigenvalue weighted by Gasteiger charge is 1.98. The molecule has 0 heterocycles. The Labute approximate surface area is 139 Å². The molecule has 24 heavy (non-hydrogen) atoms. The second-order valence-corrected chi connectivity index (χ2v) is 4.44. The maximum atomic E-state index is 10.0. The molecule has 0 aromatic heterocycles. The van der Waals surface area contributed by atoms with Gasteiger partial charge in [-0.3, -0.25) is 0 Å². The molecule has 128 valence electrons. The maximum Gasteiger partial charge on any atom is 0.506 e. The Kier molecular flexibility index (Phi) is 8.23. The fourth-order valence-corrected chi connectivity index (χ4v) is 1.59. The third kappa shape index (κ3) is 8.28. The molecule has 2 rings (SSSR count). The van der Waals surface area contributed by atoms with Gasteiger partial charge in [-0.2, -0.15) is 0 Å². The summed E-state index contributed by atoms with van der Waals surface area (Å²) in [5.41, 5.74) is 1.65. The number of benzene rings is 2. The van der Waals surface area contributed by atoms with Crippen LogP contribution >= 0.6 is 0 Å². The number of carbonyl (C=O) groups is 2. The zero-order valence-electron chi connectivity index (χ0n) is 13.0. The molecule has 0 radical (unpaired) electrons. The van der Waals surface area contributed by atoms with Gasteiger partial charge < -0.3 is 24.4 Å². The molecule has 2 aromatic rings. The zero-order chi connectivity index (χ0) is 17.8. The SMILES string of the molecule is COc1ccc(COC(=O)O)cc1.O=C(O)OCc1ccccc1. The summed E-state index contributed by atoms with van der Waals surface area (Å²) in [5, 5.41) is 16.4. The fourth-order valence-electron chi connectivity index (χ4n) is 1.59. The predicted molar refractivity (Wildman–Crippen MR) is 85.1 cm³/mol. The minimum Gasteiger partial charge on any atom is -0.497 e. The average Bonchev–Trinajstić information content (AvgIpc) is 2.60. The van der Waals surface area contributed by atoms with Gasteiger partial charge in [0.2, 0.25) is 0 Å². The van der Waals surface area contributed by atoms with E-state index in [0.29, 0.717) is 0 Å². The minimum atomic E-state index is -1.27. The molecule has 0 fully saturated rings. The standard InChI is InChI=1S/C9H10O4.C8H8O3/c1-12-8-4-2-7(3-5-8)6-13-9(10)11;9-8(10)11-6-7-4-2-1-3-5-7/h2-5H,6H2,1H3,(H,10,11);1-5H,6H2,(H,9,10). The lowest BCUT2D eigenvalue weighted by molar-refractivity contribution is 0.0842. The van der Waals surface area contributed by atoms with Crippen LogP contribution in [0.1, 0.15) is 11.1 Å². The van der Waals surface area contributed by atoms with Gasteiger partial charge >= 0.3 is 12.3 Å². The van der Waals surface area contributed by atoms with Gasteiger partial charge in [-0.05, 0) is 23.3 Å². The molecule has 0 spiro atoms. The number of methoxy groups -OCH3 is 1. The van der Waals surface area contributed by atoms with Crippen molar-refractivity contribution < 1.29 is 34.0 Å². The Morgan fingerprint density at radius 2 is 1.25 bits per heavy atom. The van der Waals surface area contributed by atoms with Crippen LogP contribution < -0.4 is 4.74 Å². The summed E-state index contributed by atoms with van der Waals surface area (Å²) < 4.78 is 13.7. The van der Waals surface area contributed by atoms with Crippen LogP contribution in [0.2, 0.25) is 0 Å². The van der Waals surface area contributed by atoms with E-state index in [-0.39, 0.29) is 13.2 Å². The normalized spacial score (nSPS) is 9.21. The topological polar surface area (TPSA) is 102 Å². The summed E-state index contributed by atoms with van der Waals surface area (Å²) >= 11 is 0. The highest BCUT2D eigenvalue weighted by molar-refractivity contribution is 5.57. The van der Waals surface area contributed by atoms with E-state index in [2.05, 4.69) is 9.47 Å². The van der Waals surface area contributed by atoms with E-state index in [1.165, 1.54) is 0 Å². The third-order valence-electron chi connectivity index (χ3n) is 2.73. The van der Waals surface area contributed by atoms with Gasteiger partial charge in [0.15, 0.2) is 0 Å². The quantitative estimate of drug-likeness (QED) is 0.802. The van der Waals surface area contributed by atoms with Crippen LogP contribution in [0.5, 0.6) is 5.75 Å². The lowest BCUT2D eigenvalue weighted by atomic mass is 10.2. The largest absolute Gasteiger partial charge is 0.506 e. The van der Waals surface area contributed by atoms with Gasteiger partial charge in [0.25, 0.3) is 0 Å². The first kappa shape index (κ1) is 18.8. The molecular weight excluding hydrogens is 316 g/mol. The summed E-state index contributed by atoms with van der Waals surface area (Å²) in [7, 11) is 1.57. The first-order valence-corrected chi connectivity index (χ1v) is 6.89. The van der Waals surface area contributed by atoms with Gasteiger partial charge in [0.05, 0.1) is 7.11 Å². The van der Waals surface area contributed by atoms with Crippen molar-refractivity contribution in [2.45, 2.75) is 13.2 Å². The van der Waals surface area contributed by atoms with Crippen LogP contribution in [0, 0.1) is 0 Å². The molecule has 2 N–H and O–H groups in total. The molecule has 0 unspecified atom stereocenters. The van der Waals surface area contributed by atoms with Crippen molar-refractivity contribution in [2.24, 2.45) is 0 Å². The molecule has 0 bridgehead atoms. The molecule has 0 saturated carbocycles. The number of hydrogen-bond acceptors (Lipinski definition) is 5. The summed E-state index contributed by atoms with van der Waals surface area (Å²) in [4.78, 5) is 20.0. The number of carboxylic acid groups (broad SMARTS) is 2. The van der Waals surface area contributed by atoms with Crippen molar-refractivity contribution >= 4 is 12.3 Å². The Morgan fingerprint density at radius 1 is 0.792 bits per heavy atom. The Balaban J connectivity index is 0.000000243. The summed E-state index contributed by atoms with van der Waals surface area (Å²) in [6, 6.07) is 16.2. The minimum absolute atomic E-state index is 0.0688. The molecule has 0 saturated heterocycles. The summed E-state index contributed by atoms with van der Waals surface area (Å²) in [6.07, 6.45) is -2.51. The maximum absolute atomic E-state index is 10.0. The Hall–Kier alpha value is -3.22. The molecule has 7 heteroatoms. The van der Waals surface area contributed by atoms with Gasteiger partial charge in [0, 0.05) is 0 Å². The van der Waals surface area contributed by atoms with Crippen LogP contribution in [0.3, 0.4) is 0 Å². The fraction of sp³-hybridized carbons (Fsp3) is 0.176. The van der Waals surface area contributed by atoms with Crippen LogP contribution in [0.4, 0.5) is 9.59 Å². The van der Waals surface area contributed by atoms with Crippen molar-refractivity contribution in [2.75, 3.05) is 7.11 Å². The molecule has 0 aliphatic carbocycles. The second kappa shape index (κ2) is 10.5. The second-order valence-electron chi connectivity index (χ2n) is 4.44. The highest BCUT2D eigenvalue weighted by Crippen LogP contribution is 2.11. The van der Waals surface area contributed by atoms with Crippen molar-refractivity contribution in [3.63, 3.8) is 0 Å². The van der Waals surface area contributed by atoms with Gasteiger partial charge in [-0.15, -0.1) is 0 Å². The third-order valence-corrected chi connectivity index (χ3v) is 2.73. The molecule has 0 aliphatic heterocycles. The van der Waals surface area contributed by atoms with E-state index in [0.717, 1.165) is 16.9 Å². The Morgan fingerprint density at radius 3 is 1.67 bits per heavy atom. The lowest BCUT2D eigenvalue weighted by Gasteiger charge is -2.02. The zero-order valence-corrected chi connectivity index (χ0v) is 13.0. The number of ether oxygens (including phenoxy) is 3. The highest BCUT2D eigenvalue weighted by atomic mass is 16.7. The van der Waals surface area contributed by atoms with E-state index in [1.54, 1.807) is 31.4 Å². The summed E-state index contributed by atoms with van der Waals surface area (Å²) in [6.45, 7) is 0.190. The molecule has 0 amide bonds. The van der Waals surface area contributed by atoms with Crippen molar-refractivity contribution in [3.8, 4) is 5.75 Å². The molecule has 0 aliphatic rings. The average molecular weight is 334 g/mol. The molecule has 0 atom stereocenters. The van der Waals surface area contributed by atoms with E-state index >= 15 is 0 Å². The molecule has 2 aromatic carbocycles. The van der Waals surface area contributed by atoms with E-state index in [9.17, 15) is 9.59 Å². The number of rotatable bonds is 5. The monoisotopic (exact) mass is 334 g/mol. The Bertz CT molecular complexity index is 623. The molecule has 7 nitrogen and oxygen atoms in total. The van der Waals surface area contributed by atoms with Gasteiger partial charge in [0.1, 0.15) is 19.0 Å². The van der Waals surface area contributed by atoms with Crippen molar-refractivity contribution in [1.29, 1.82) is 0 Å². The smallest absolute Gasteiger partial charge is 0.497 e. The van der Waals surface area contributed by atoms with Crippen LogP contribution in [0.15, 0.2) is 54.6 Å².